The van der Waals surface area contributed by atoms with E-state index in [4.69, 9.17) is 0 Å². The fourth-order valence-electron chi connectivity index (χ4n) is 1.97. The van der Waals surface area contributed by atoms with Gasteiger partial charge in [-0.05, 0) is 19.1 Å². The third-order valence-electron chi connectivity index (χ3n) is 3.28. The summed E-state index contributed by atoms with van der Waals surface area (Å²) in [7, 11) is 0. The lowest BCUT2D eigenvalue weighted by molar-refractivity contribution is 0.528. The van der Waals surface area contributed by atoms with E-state index in [9.17, 15) is 8.78 Å². The first-order valence-electron chi connectivity index (χ1n) is 6.66. The minimum absolute atomic E-state index is 0.0436. The number of aromatic nitrogens is 2. The number of hydrogen-bond acceptors (Lipinski definition) is 2. The molecule has 2 aromatic rings. The minimum atomic E-state index is -0.540. The van der Waals surface area contributed by atoms with Crippen molar-refractivity contribution in [3.8, 4) is 0 Å². The van der Waals surface area contributed by atoms with E-state index in [1.54, 1.807) is 10.9 Å². The number of benzene rings is 1. The monoisotopic (exact) mass is 279 g/mol. The molecule has 0 saturated carbocycles. The molecule has 0 radical (unpaired) electrons. The van der Waals surface area contributed by atoms with Crippen molar-refractivity contribution in [2.24, 2.45) is 0 Å². The standard InChI is InChI=1S/C15H19F2N3/c1-10(2)18-7-12-8-19-20(11(12)3)9-13-14(16)5-4-6-15(13)17/h4-6,8,10,18H,7,9H2,1-3H3. The molecule has 0 atom stereocenters. The molecule has 5 heteroatoms. The molecule has 0 amide bonds. The van der Waals surface area contributed by atoms with Gasteiger partial charge in [0.25, 0.3) is 0 Å². The first-order chi connectivity index (χ1) is 9.49. The second kappa shape index (κ2) is 6.13. The Morgan fingerprint density at radius 2 is 1.90 bits per heavy atom. The van der Waals surface area contributed by atoms with Gasteiger partial charge < -0.3 is 5.32 Å². The van der Waals surface area contributed by atoms with E-state index in [1.807, 2.05) is 6.92 Å². The number of rotatable bonds is 5. The van der Waals surface area contributed by atoms with Crippen LogP contribution in [0.3, 0.4) is 0 Å². The maximum Gasteiger partial charge on any atom is 0.131 e. The molecule has 1 aromatic carbocycles. The Balaban J connectivity index is 2.18. The van der Waals surface area contributed by atoms with Gasteiger partial charge in [0, 0.05) is 29.4 Å². The van der Waals surface area contributed by atoms with Crippen LogP contribution in [0.2, 0.25) is 0 Å². The molecule has 0 fully saturated rings. The van der Waals surface area contributed by atoms with Crippen LogP contribution >= 0.6 is 0 Å². The largest absolute Gasteiger partial charge is 0.310 e. The van der Waals surface area contributed by atoms with E-state index in [2.05, 4.69) is 24.3 Å². The minimum Gasteiger partial charge on any atom is -0.310 e. The fourth-order valence-corrected chi connectivity index (χ4v) is 1.97. The molecule has 0 unspecified atom stereocenters. The van der Waals surface area contributed by atoms with E-state index in [1.165, 1.54) is 18.2 Å². The summed E-state index contributed by atoms with van der Waals surface area (Å²) in [6, 6.07) is 4.26. The molecule has 1 heterocycles. The maximum absolute atomic E-state index is 13.6. The lowest BCUT2D eigenvalue weighted by Gasteiger charge is -2.09. The summed E-state index contributed by atoms with van der Waals surface area (Å²) in [4.78, 5) is 0. The van der Waals surface area contributed by atoms with Gasteiger partial charge in [-0.1, -0.05) is 19.9 Å². The van der Waals surface area contributed by atoms with Crippen LogP contribution in [0.25, 0.3) is 0 Å². The molecule has 1 N–H and O–H groups in total. The quantitative estimate of drug-likeness (QED) is 0.911. The van der Waals surface area contributed by atoms with Gasteiger partial charge in [0.2, 0.25) is 0 Å². The van der Waals surface area contributed by atoms with E-state index >= 15 is 0 Å². The molecule has 0 bridgehead atoms. The highest BCUT2D eigenvalue weighted by Gasteiger charge is 2.12. The van der Waals surface area contributed by atoms with Gasteiger partial charge >= 0.3 is 0 Å². The summed E-state index contributed by atoms with van der Waals surface area (Å²) in [5.74, 6) is -1.08. The molecule has 0 saturated heterocycles. The van der Waals surface area contributed by atoms with Gasteiger partial charge in [-0.25, -0.2) is 8.78 Å². The number of halogens is 2. The lowest BCUT2D eigenvalue weighted by Crippen LogP contribution is -2.22. The zero-order valence-electron chi connectivity index (χ0n) is 12.0. The molecular weight excluding hydrogens is 260 g/mol. The van der Waals surface area contributed by atoms with Gasteiger partial charge in [0.1, 0.15) is 11.6 Å². The second-order valence-electron chi connectivity index (χ2n) is 5.15. The fraction of sp³-hybridized carbons (Fsp3) is 0.400. The van der Waals surface area contributed by atoms with Crippen LogP contribution in [0.15, 0.2) is 24.4 Å². The molecule has 108 valence electrons. The van der Waals surface area contributed by atoms with E-state index in [-0.39, 0.29) is 12.1 Å². The highest BCUT2D eigenvalue weighted by molar-refractivity contribution is 5.22. The molecule has 0 aliphatic rings. The van der Waals surface area contributed by atoms with Crippen LogP contribution in [0.4, 0.5) is 8.78 Å². The van der Waals surface area contributed by atoms with Crippen LogP contribution < -0.4 is 5.32 Å². The first-order valence-corrected chi connectivity index (χ1v) is 6.66. The van der Waals surface area contributed by atoms with Gasteiger partial charge in [-0.3, -0.25) is 4.68 Å². The van der Waals surface area contributed by atoms with Crippen LogP contribution in [-0.2, 0) is 13.1 Å². The first kappa shape index (κ1) is 14.7. The Bertz CT molecular complexity index is 571. The van der Waals surface area contributed by atoms with Crippen LogP contribution in [0.1, 0.15) is 30.7 Å². The second-order valence-corrected chi connectivity index (χ2v) is 5.15. The predicted octanol–water partition coefficient (Wildman–Crippen LogP) is 3.02. The number of hydrogen-bond donors (Lipinski definition) is 1. The topological polar surface area (TPSA) is 29.9 Å². The van der Waals surface area contributed by atoms with Gasteiger partial charge in [-0.15, -0.1) is 0 Å². The summed E-state index contributed by atoms with van der Waals surface area (Å²) < 4.78 is 28.9. The normalized spacial score (nSPS) is 11.3. The van der Waals surface area contributed by atoms with Crippen molar-refractivity contribution in [1.29, 1.82) is 0 Å². The lowest BCUT2D eigenvalue weighted by atomic mass is 10.2. The van der Waals surface area contributed by atoms with Crippen LogP contribution in [-0.4, -0.2) is 15.8 Å². The van der Waals surface area contributed by atoms with Crippen molar-refractivity contribution in [1.82, 2.24) is 15.1 Å². The van der Waals surface area contributed by atoms with Crippen molar-refractivity contribution in [3.63, 3.8) is 0 Å². The predicted molar refractivity (Wildman–Crippen MR) is 74.4 cm³/mol. The summed E-state index contributed by atoms with van der Waals surface area (Å²) in [5, 5.41) is 7.52. The molecule has 0 aliphatic carbocycles. The van der Waals surface area contributed by atoms with Crippen molar-refractivity contribution >= 4 is 0 Å². The average molecular weight is 279 g/mol. The Morgan fingerprint density at radius 3 is 2.50 bits per heavy atom. The zero-order valence-corrected chi connectivity index (χ0v) is 12.0. The molecule has 0 aliphatic heterocycles. The zero-order chi connectivity index (χ0) is 14.7. The van der Waals surface area contributed by atoms with Crippen molar-refractivity contribution in [2.75, 3.05) is 0 Å². The smallest absolute Gasteiger partial charge is 0.131 e. The van der Waals surface area contributed by atoms with Gasteiger partial charge in [0.15, 0.2) is 0 Å². The number of nitrogens with one attached hydrogen (secondary N) is 1. The van der Waals surface area contributed by atoms with Gasteiger partial charge in [0.05, 0.1) is 12.7 Å². The maximum atomic E-state index is 13.6. The third-order valence-corrected chi connectivity index (χ3v) is 3.28. The Hall–Kier alpha value is -1.75. The summed E-state index contributed by atoms with van der Waals surface area (Å²) in [6.07, 6.45) is 1.74. The average Bonchev–Trinajstić information content (AvgIpc) is 2.73. The third kappa shape index (κ3) is 3.22. The number of nitrogens with zero attached hydrogens (tertiary/aromatic N) is 2. The van der Waals surface area contributed by atoms with Crippen LogP contribution in [0.5, 0.6) is 0 Å². The summed E-state index contributed by atoms with van der Waals surface area (Å²) >= 11 is 0. The molecule has 1 aromatic heterocycles. The van der Waals surface area contributed by atoms with E-state index in [0.29, 0.717) is 12.6 Å². The SMILES string of the molecule is Cc1c(CNC(C)C)cnn1Cc1c(F)cccc1F. The summed E-state index contributed by atoms with van der Waals surface area (Å²) in [6.45, 7) is 6.83. The van der Waals surface area contributed by atoms with Crippen LogP contribution in [0, 0.1) is 18.6 Å². The van der Waals surface area contributed by atoms with Crippen molar-refractivity contribution in [2.45, 2.75) is 39.9 Å². The van der Waals surface area contributed by atoms with Crippen molar-refractivity contribution < 1.29 is 8.78 Å². The molecule has 3 nitrogen and oxygen atoms in total. The Labute approximate surface area is 117 Å². The van der Waals surface area contributed by atoms with E-state index in [0.717, 1.165) is 11.3 Å². The molecular formula is C15H19F2N3. The highest BCUT2D eigenvalue weighted by Crippen LogP contribution is 2.16. The Morgan fingerprint density at radius 1 is 1.25 bits per heavy atom. The highest BCUT2D eigenvalue weighted by atomic mass is 19.1. The van der Waals surface area contributed by atoms with E-state index < -0.39 is 11.6 Å². The van der Waals surface area contributed by atoms with Crippen molar-refractivity contribution in [3.05, 3.63) is 52.9 Å². The molecule has 20 heavy (non-hydrogen) atoms. The molecule has 0 spiro atoms. The van der Waals surface area contributed by atoms with Gasteiger partial charge in [-0.2, -0.15) is 5.10 Å². The summed E-state index contributed by atoms with van der Waals surface area (Å²) in [5.41, 5.74) is 2.00. The Kier molecular flexibility index (Phi) is 4.49. The molecule has 2 rings (SSSR count).